The van der Waals surface area contributed by atoms with E-state index in [-0.39, 0.29) is 0 Å². The fourth-order valence-corrected chi connectivity index (χ4v) is 3.18. The number of benzene rings is 1. The van der Waals surface area contributed by atoms with Crippen LogP contribution in [0.4, 0.5) is 5.00 Å². The van der Waals surface area contributed by atoms with Crippen LogP contribution in [0.15, 0.2) is 12.1 Å². The number of rotatable bonds is 1. The Bertz CT molecular complexity index is 553. The first-order chi connectivity index (χ1) is 7.91. The molecule has 0 saturated heterocycles. The Morgan fingerprint density at radius 3 is 1.82 bits per heavy atom. The van der Waals surface area contributed by atoms with Gasteiger partial charge < -0.3 is 5.73 Å². The molecule has 0 aliphatic carbocycles. The van der Waals surface area contributed by atoms with Crippen LogP contribution in [0.5, 0.6) is 0 Å². The lowest BCUT2D eigenvalue weighted by Gasteiger charge is -2.15. The third-order valence-corrected chi connectivity index (χ3v) is 4.45. The normalized spacial score (nSPS) is 10.9. The van der Waals surface area contributed by atoms with Gasteiger partial charge in [0.2, 0.25) is 0 Å². The predicted octanol–water partition coefficient (Wildman–Crippen LogP) is 4.54. The predicted molar refractivity (Wildman–Crippen MR) is 77.9 cm³/mol. The van der Waals surface area contributed by atoms with Gasteiger partial charge in [-0.25, -0.2) is 0 Å². The standard InChI is InChI=1S/C15H19NS/c1-8-6-9(2)11(4)15(10(8)3)13-7-14(16)17-12(13)5/h6-7H,16H2,1-5H3. The van der Waals surface area contributed by atoms with Gasteiger partial charge in [0.05, 0.1) is 5.00 Å². The van der Waals surface area contributed by atoms with Gasteiger partial charge in [0.15, 0.2) is 0 Å². The van der Waals surface area contributed by atoms with Crippen molar-refractivity contribution in [3.8, 4) is 11.1 Å². The smallest absolute Gasteiger partial charge is 0.0865 e. The molecule has 2 N–H and O–H groups in total. The van der Waals surface area contributed by atoms with E-state index >= 15 is 0 Å². The zero-order valence-electron chi connectivity index (χ0n) is 11.1. The van der Waals surface area contributed by atoms with Crippen LogP contribution in [-0.2, 0) is 0 Å². The lowest BCUT2D eigenvalue weighted by Crippen LogP contribution is -1.95. The number of nitrogen functional groups attached to an aromatic ring is 1. The molecule has 0 saturated carbocycles. The average molecular weight is 245 g/mol. The molecule has 1 aromatic heterocycles. The van der Waals surface area contributed by atoms with E-state index in [9.17, 15) is 0 Å². The highest BCUT2D eigenvalue weighted by atomic mass is 32.1. The van der Waals surface area contributed by atoms with E-state index in [0.29, 0.717) is 0 Å². The van der Waals surface area contributed by atoms with Crippen LogP contribution in [-0.4, -0.2) is 0 Å². The van der Waals surface area contributed by atoms with Crippen molar-refractivity contribution in [2.75, 3.05) is 5.73 Å². The molecule has 0 atom stereocenters. The summed E-state index contributed by atoms with van der Waals surface area (Å²) in [6.07, 6.45) is 0. The second-order valence-electron chi connectivity index (χ2n) is 4.75. The van der Waals surface area contributed by atoms with Crippen molar-refractivity contribution < 1.29 is 0 Å². The quantitative estimate of drug-likeness (QED) is 0.784. The van der Waals surface area contributed by atoms with E-state index in [4.69, 9.17) is 5.73 Å². The highest BCUT2D eigenvalue weighted by molar-refractivity contribution is 7.16. The van der Waals surface area contributed by atoms with Gasteiger partial charge in [-0.1, -0.05) is 6.07 Å². The minimum Gasteiger partial charge on any atom is -0.391 e. The van der Waals surface area contributed by atoms with Gasteiger partial charge in [0, 0.05) is 4.88 Å². The van der Waals surface area contributed by atoms with Crippen LogP contribution in [0.3, 0.4) is 0 Å². The Kier molecular flexibility index (Phi) is 3.00. The van der Waals surface area contributed by atoms with E-state index in [0.717, 1.165) is 5.00 Å². The van der Waals surface area contributed by atoms with Crippen molar-refractivity contribution in [2.45, 2.75) is 34.6 Å². The number of hydrogen-bond donors (Lipinski definition) is 1. The van der Waals surface area contributed by atoms with Gasteiger partial charge in [-0.15, -0.1) is 11.3 Å². The first kappa shape index (κ1) is 12.2. The molecule has 90 valence electrons. The summed E-state index contributed by atoms with van der Waals surface area (Å²) in [6.45, 7) is 10.9. The van der Waals surface area contributed by atoms with Crippen molar-refractivity contribution in [1.82, 2.24) is 0 Å². The molecular weight excluding hydrogens is 226 g/mol. The maximum Gasteiger partial charge on any atom is 0.0865 e. The summed E-state index contributed by atoms with van der Waals surface area (Å²) in [5, 5.41) is 0.899. The number of anilines is 1. The molecule has 1 nitrogen and oxygen atoms in total. The molecule has 0 fully saturated rings. The lowest BCUT2D eigenvalue weighted by molar-refractivity contribution is 1.24. The average Bonchev–Trinajstić information content (AvgIpc) is 2.56. The SMILES string of the molecule is Cc1cc(C)c(C)c(-c2cc(N)sc2C)c1C. The van der Waals surface area contributed by atoms with Gasteiger partial charge in [-0.2, -0.15) is 0 Å². The molecule has 0 spiro atoms. The Morgan fingerprint density at radius 1 is 0.882 bits per heavy atom. The molecule has 1 heterocycles. The summed E-state index contributed by atoms with van der Waals surface area (Å²) < 4.78 is 0. The summed E-state index contributed by atoms with van der Waals surface area (Å²) in [4.78, 5) is 1.30. The van der Waals surface area contributed by atoms with Gasteiger partial charge in [-0.05, 0) is 74.1 Å². The highest BCUT2D eigenvalue weighted by Crippen LogP contribution is 2.38. The van der Waals surface area contributed by atoms with E-state index in [1.54, 1.807) is 11.3 Å². The minimum absolute atomic E-state index is 0.899. The third-order valence-electron chi connectivity index (χ3n) is 3.57. The molecule has 0 unspecified atom stereocenters. The zero-order valence-corrected chi connectivity index (χ0v) is 12.0. The summed E-state index contributed by atoms with van der Waals surface area (Å²) >= 11 is 1.67. The van der Waals surface area contributed by atoms with E-state index in [1.165, 1.54) is 38.3 Å². The van der Waals surface area contributed by atoms with Gasteiger partial charge in [0.1, 0.15) is 0 Å². The van der Waals surface area contributed by atoms with Gasteiger partial charge >= 0.3 is 0 Å². The summed E-state index contributed by atoms with van der Waals surface area (Å²) in [5.41, 5.74) is 14.0. The van der Waals surface area contributed by atoms with Gasteiger partial charge in [-0.3, -0.25) is 0 Å². The highest BCUT2D eigenvalue weighted by Gasteiger charge is 2.14. The maximum atomic E-state index is 5.91. The summed E-state index contributed by atoms with van der Waals surface area (Å²) in [7, 11) is 0. The van der Waals surface area contributed by atoms with Crippen molar-refractivity contribution in [2.24, 2.45) is 0 Å². The zero-order chi connectivity index (χ0) is 12.7. The van der Waals surface area contributed by atoms with Crippen LogP contribution in [0.25, 0.3) is 11.1 Å². The Balaban J connectivity index is 2.79. The van der Waals surface area contributed by atoms with Crippen LogP contribution >= 0.6 is 11.3 Å². The topological polar surface area (TPSA) is 26.0 Å². The monoisotopic (exact) mass is 245 g/mol. The Morgan fingerprint density at radius 2 is 1.41 bits per heavy atom. The van der Waals surface area contributed by atoms with Gasteiger partial charge in [0.25, 0.3) is 0 Å². The molecule has 0 radical (unpaired) electrons. The van der Waals surface area contributed by atoms with Crippen molar-refractivity contribution >= 4 is 16.3 Å². The molecule has 17 heavy (non-hydrogen) atoms. The Labute approximate surface area is 107 Å². The second kappa shape index (κ2) is 4.19. The van der Waals surface area contributed by atoms with Crippen LogP contribution in [0.1, 0.15) is 27.1 Å². The molecule has 1 aromatic carbocycles. The fourth-order valence-electron chi connectivity index (χ4n) is 2.37. The second-order valence-corrected chi connectivity index (χ2v) is 6.04. The molecule has 2 heteroatoms. The third kappa shape index (κ3) is 1.98. The molecule has 0 aliphatic rings. The minimum atomic E-state index is 0.899. The molecule has 2 rings (SSSR count). The number of thiophene rings is 1. The maximum absolute atomic E-state index is 5.91. The lowest BCUT2D eigenvalue weighted by atomic mass is 9.90. The van der Waals surface area contributed by atoms with Crippen LogP contribution < -0.4 is 5.73 Å². The summed E-state index contributed by atoms with van der Waals surface area (Å²) in [6, 6.07) is 4.37. The largest absolute Gasteiger partial charge is 0.391 e. The van der Waals surface area contributed by atoms with Crippen molar-refractivity contribution in [3.63, 3.8) is 0 Å². The number of hydrogen-bond acceptors (Lipinski definition) is 2. The molecular formula is C15H19NS. The first-order valence-electron chi connectivity index (χ1n) is 5.85. The van der Waals surface area contributed by atoms with E-state index in [2.05, 4.69) is 46.8 Å². The molecule has 0 bridgehead atoms. The Hall–Kier alpha value is -1.28. The molecule has 0 amide bonds. The first-order valence-corrected chi connectivity index (χ1v) is 6.67. The number of nitrogens with two attached hydrogens (primary N) is 1. The van der Waals surface area contributed by atoms with Crippen LogP contribution in [0.2, 0.25) is 0 Å². The van der Waals surface area contributed by atoms with Crippen molar-refractivity contribution in [1.29, 1.82) is 0 Å². The van der Waals surface area contributed by atoms with Crippen molar-refractivity contribution in [3.05, 3.63) is 39.3 Å². The van der Waals surface area contributed by atoms with E-state index < -0.39 is 0 Å². The molecule has 2 aromatic rings. The summed E-state index contributed by atoms with van der Waals surface area (Å²) in [5.74, 6) is 0. The van der Waals surface area contributed by atoms with Crippen LogP contribution in [0, 0.1) is 34.6 Å². The fraction of sp³-hybridized carbons (Fsp3) is 0.333. The number of aryl methyl sites for hydroxylation is 3. The van der Waals surface area contributed by atoms with E-state index in [1.807, 2.05) is 0 Å². The molecule has 0 aliphatic heterocycles.